The van der Waals surface area contributed by atoms with E-state index in [0.29, 0.717) is 0 Å². The van der Waals surface area contributed by atoms with Gasteiger partial charge in [-0.15, -0.1) is 12.6 Å². The van der Waals surface area contributed by atoms with Crippen LogP contribution in [0.5, 0.6) is 0 Å². The van der Waals surface area contributed by atoms with Gasteiger partial charge in [-0.25, -0.2) is 0 Å². The van der Waals surface area contributed by atoms with Crippen molar-refractivity contribution in [1.29, 1.82) is 0 Å². The zero-order valence-electron chi connectivity index (χ0n) is 8.07. The van der Waals surface area contributed by atoms with E-state index in [1.807, 2.05) is 25.1 Å². The van der Waals surface area contributed by atoms with E-state index in [1.54, 1.807) is 0 Å². The van der Waals surface area contributed by atoms with Gasteiger partial charge in [-0.1, -0.05) is 48.6 Å². The highest BCUT2D eigenvalue weighted by Crippen LogP contribution is 2.26. The second-order valence-corrected chi connectivity index (χ2v) is 3.67. The molecule has 0 spiro atoms. The van der Waals surface area contributed by atoms with Crippen molar-refractivity contribution in [2.24, 2.45) is 0 Å². The fourth-order valence-corrected chi connectivity index (χ4v) is 1.94. The summed E-state index contributed by atoms with van der Waals surface area (Å²) < 4.78 is 0. The van der Waals surface area contributed by atoms with Crippen LogP contribution in [0.3, 0.4) is 0 Å². The minimum atomic E-state index is 1.06. The summed E-state index contributed by atoms with van der Waals surface area (Å²) in [4.78, 5) is 1.06. The highest BCUT2D eigenvalue weighted by atomic mass is 32.1. The SMILES string of the molecule is C/C=C/c1ccc2ccccc2c1S. The van der Waals surface area contributed by atoms with Crippen molar-refractivity contribution in [3.8, 4) is 0 Å². The molecule has 0 aromatic heterocycles. The fourth-order valence-electron chi connectivity index (χ4n) is 1.59. The van der Waals surface area contributed by atoms with Crippen molar-refractivity contribution in [2.45, 2.75) is 11.8 Å². The maximum Gasteiger partial charge on any atom is 0.0191 e. The fraction of sp³-hybridized carbons (Fsp3) is 0.0769. The lowest BCUT2D eigenvalue weighted by molar-refractivity contribution is 1.50. The summed E-state index contributed by atoms with van der Waals surface area (Å²) in [6.07, 6.45) is 4.11. The maximum atomic E-state index is 4.55. The van der Waals surface area contributed by atoms with E-state index in [2.05, 4.69) is 43.0 Å². The molecule has 0 fully saturated rings. The molecule has 0 radical (unpaired) electrons. The molecule has 0 nitrogen and oxygen atoms in total. The quantitative estimate of drug-likeness (QED) is 0.656. The smallest absolute Gasteiger partial charge is 0.0191 e. The molecular weight excluding hydrogens is 188 g/mol. The zero-order valence-corrected chi connectivity index (χ0v) is 8.96. The number of fused-ring (bicyclic) bond motifs is 1. The molecule has 0 bridgehead atoms. The first-order valence-corrected chi connectivity index (χ1v) is 5.11. The van der Waals surface area contributed by atoms with E-state index >= 15 is 0 Å². The first-order valence-electron chi connectivity index (χ1n) is 4.66. The lowest BCUT2D eigenvalue weighted by atomic mass is 10.1. The number of benzene rings is 2. The Kier molecular flexibility index (Phi) is 2.60. The van der Waals surface area contributed by atoms with Gasteiger partial charge in [0.25, 0.3) is 0 Å². The van der Waals surface area contributed by atoms with Gasteiger partial charge in [-0.05, 0) is 23.3 Å². The van der Waals surface area contributed by atoms with Gasteiger partial charge in [0.2, 0.25) is 0 Å². The summed E-state index contributed by atoms with van der Waals surface area (Å²) in [6.45, 7) is 2.02. The second kappa shape index (κ2) is 3.89. The molecule has 70 valence electrons. The Labute approximate surface area is 89.7 Å². The summed E-state index contributed by atoms with van der Waals surface area (Å²) in [7, 11) is 0. The molecule has 1 heteroatoms. The minimum absolute atomic E-state index is 1.06. The van der Waals surface area contributed by atoms with Gasteiger partial charge in [-0.2, -0.15) is 0 Å². The van der Waals surface area contributed by atoms with Crippen LogP contribution in [0.1, 0.15) is 12.5 Å². The van der Waals surface area contributed by atoms with Crippen molar-refractivity contribution in [2.75, 3.05) is 0 Å². The number of thiol groups is 1. The van der Waals surface area contributed by atoms with Crippen LogP contribution in [0, 0.1) is 0 Å². The number of hydrogen-bond acceptors (Lipinski definition) is 1. The summed E-state index contributed by atoms with van der Waals surface area (Å²) in [5, 5.41) is 2.46. The molecule has 14 heavy (non-hydrogen) atoms. The number of allylic oxidation sites excluding steroid dienone is 1. The first-order chi connectivity index (χ1) is 6.83. The summed E-state index contributed by atoms with van der Waals surface area (Å²) in [5.74, 6) is 0. The molecule has 2 rings (SSSR count). The van der Waals surface area contributed by atoms with E-state index in [-0.39, 0.29) is 0 Å². The van der Waals surface area contributed by atoms with E-state index in [1.165, 1.54) is 16.3 Å². The van der Waals surface area contributed by atoms with Gasteiger partial charge in [0.15, 0.2) is 0 Å². The summed E-state index contributed by atoms with van der Waals surface area (Å²) in [5.41, 5.74) is 1.18. The van der Waals surface area contributed by atoms with Crippen LogP contribution in [0.2, 0.25) is 0 Å². The van der Waals surface area contributed by atoms with E-state index in [9.17, 15) is 0 Å². The predicted octanol–water partition coefficient (Wildman–Crippen LogP) is 4.16. The topological polar surface area (TPSA) is 0 Å². The van der Waals surface area contributed by atoms with E-state index < -0.39 is 0 Å². The Balaban J connectivity index is 2.75. The standard InChI is InChI=1S/C13H12S/c1-2-5-11-9-8-10-6-3-4-7-12(10)13(11)14/h2-9,14H,1H3/b5-2+. The molecule has 0 amide bonds. The molecule has 0 N–H and O–H groups in total. The molecule has 2 aromatic carbocycles. The maximum absolute atomic E-state index is 4.55. The number of hydrogen-bond donors (Lipinski definition) is 1. The molecule has 0 saturated carbocycles. The third-order valence-electron chi connectivity index (χ3n) is 2.28. The Morgan fingerprint density at radius 2 is 1.86 bits per heavy atom. The molecule has 0 aliphatic rings. The van der Waals surface area contributed by atoms with Gasteiger partial charge >= 0.3 is 0 Å². The first kappa shape index (κ1) is 9.35. The third-order valence-corrected chi connectivity index (χ3v) is 2.78. The van der Waals surface area contributed by atoms with Crippen LogP contribution in [0.15, 0.2) is 47.4 Å². The lowest BCUT2D eigenvalue weighted by Gasteiger charge is -2.04. The molecular formula is C13H12S. The van der Waals surface area contributed by atoms with Crippen LogP contribution in [0.25, 0.3) is 16.8 Å². The summed E-state index contributed by atoms with van der Waals surface area (Å²) in [6, 6.07) is 12.5. The Morgan fingerprint density at radius 3 is 2.64 bits per heavy atom. The molecule has 0 unspecified atom stereocenters. The highest BCUT2D eigenvalue weighted by Gasteiger charge is 2.00. The van der Waals surface area contributed by atoms with Gasteiger partial charge in [0.05, 0.1) is 0 Å². The molecule has 0 aliphatic heterocycles. The molecule has 0 heterocycles. The number of rotatable bonds is 1. The molecule has 0 aliphatic carbocycles. The average Bonchev–Trinajstić information content (AvgIpc) is 2.23. The second-order valence-electron chi connectivity index (χ2n) is 3.22. The Bertz CT molecular complexity index is 484. The van der Waals surface area contributed by atoms with Gasteiger partial charge in [0.1, 0.15) is 0 Å². The molecule has 2 aromatic rings. The van der Waals surface area contributed by atoms with Crippen molar-refractivity contribution < 1.29 is 0 Å². The van der Waals surface area contributed by atoms with Crippen LogP contribution < -0.4 is 0 Å². The van der Waals surface area contributed by atoms with Crippen LogP contribution in [-0.2, 0) is 0 Å². The minimum Gasteiger partial charge on any atom is -0.142 e. The summed E-state index contributed by atoms with van der Waals surface area (Å²) >= 11 is 4.55. The van der Waals surface area contributed by atoms with Gasteiger partial charge in [-0.3, -0.25) is 0 Å². The van der Waals surface area contributed by atoms with Crippen LogP contribution >= 0.6 is 12.6 Å². The van der Waals surface area contributed by atoms with E-state index in [0.717, 1.165) is 4.90 Å². The normalized spacial score (nSPS) is 11.3. The van der Waals surface area contributed by atoms with Crippen molar-refractivity contribution in [3.63, 3.8) is 0 Å². The lowest BCUT2D eigenvalue weighted by Crippen LogP contribution is -1.79. The zero-order chi connectivity index (χ0) is 9.97. The van der Waals surface area contributed by atoms with Crippen molar-refractivity contribution >= 4 is 29.5 Å². The monoisotopic (exact) mass is 200 g/mol. The molecule has 0 saturated heterocycles. The average molecular weight is 200 g/mol. The van der Waals surface area contributed by atoms with Crippen molar-refractivity contribution in [3.05, 3.63) is 48.0 Å². The van der Waals surface area contributed by atoms with E-state index in [4.69, 9.17) is 0 Å². The third kappa shape index (κ3) is 1.55. The Hall–Kier alpha value is -1.21. The van der Waals surface area contributed by atoms with Crippen molar-refractivity contribution in [1.82, 2.24) is 0 Å². The largest absolute Gasteiger partial charge is 0.142 e. The predicted molar refractivity (Wildman–Crippen MR) is 65.9 cm³/mol. The van der Waals surface area contributed by atoms with Crippen LogP contribution in [-0.4, -0.2) is 0 Å². The van der Waals surface area contributed by atoms with Crippen LogP contribution in [0.4, 0.5) is 0 Å². The Morgan fingerprint density at radius 1 is 1.07 bits per heavy atom. The highest BCUT2D eigenvalue weighted by molar-refractivity contribution is 7.80. The van der Waals surface area contributed by atoms with Gasteiger partial charge < -0.3 is 0 Å². The van der Waals surface area contributed by atoms with Gasteiger partial charge in [0, 0.05) is 4.90 Å². The molecule has 0 atom stereocenters.